The van der Waals surface area contributed by atoms with E-state index in [2.05, 4.69) is 27.2 Å². The number of nitrogen functional groups attached to an aromatic ring is 1. The van der Waals surface area contributed by atoms with Crippen LogP contribution >= 0.6 is 0 Å². The Kier molecular flexibility index (Phi) is 3.98. The van der Waals surface area contributed by atoms with Gasteiger partial charge >= 0.3 is 0 Å². The highest BCUT2D eigenvalue weighted by atomic mass is 16.5. The van der Waals surface area contributed by atoms with Crippen LogP contribution in [0.25, 0.3) is 0 Å². The zero-order chi connectivity index (χ0) is 13.1. The van der Waals surface area contributed by atoms with Gasteiger partial charge in [-0.15, -0.1) is 0 Å². The lowest BCUT2D eigenvalue weighted by Crippen LogP contribution is -2.37. The second kappa shape index (κ2) is 5.49. The van der Waals surface area contributed by atoms with Gasteiger partial charge in [0.1, 0.15) is 17.5 Å². The van der Waals surface area contributed by atoms with Gasteiger partial charge < -0.3 is 15.1 Å². The van der Waals surface area contributed by atoms with Crippen LogP contribution in [0.5, 0.6) is 0 Å². The highest BCUT2D eigenvalue weighted by Crippen LogP contribution is 2.24. The summed E-state index contributed by atoms with van der Waals surface area (Å²) in [6, 6.07) is 2.22. The second-order valence-corrected chi connectivity index (χ2v) is 4.57. The van der Waals surface area contributed by atoms with E-state index in [1.165, 1.54) is 0 Å². The molecule has 100 valence electrons. The topological polar surface area (TPSA) is 76.3 Å². The van der Waals surface area contributed by atoms with Gasteiger partial charge in [-0.25, -0.2) is 15.8 Å². The number of nitrogens with one attached hydrogen (secondary N) is 1. The SMILES string of the molecule is CCc1nc(NN)cc(N(C)C2CCOC2C)n1. The van der Waals surface area contributed by atoms with Gasteiger partial charge in [0.2, 0.25) is 0 Å². The molecule has 1 aromatic heterocycles. The highest BCUT2D eigenvalue weighted by Gasteiger charge is 2.29. The summed E-state index contributed by atoms with van der Waals surface area (Å²) in [5.74, 6) is 7.76. The molecule has 1 aromatic rings. The van der Waals surface area contributed by atoms with Crippen molar-refractivity contribution in [1.29, 1.82) is 0 Å². The fourth-order valence-electron chi connectivity index (χ4n) is 2.29. The maximum Gasteiger partial charge on any atom is 0.145 e. The molecule has 1 fully saturated rings. The molecular weight excluding hydrogens is 230 g/mol. The lowest BCUT2D eigenvalue weighted by molar-refractivity contribution is 0.118. The smallest absolute Gasteiger partial charge is 0.145 e. The van der Waals surface area contributed by atoms with Gasteiger partial charge in [-0.2, -0.15) is 0 Å². The van der Waals surface area contributed by atoms with Crippen molar-refractivity contribution >= 4 is 11.6 Å². The van der Waals surface area contributed by atoms with Crippen molar-refractivity contribution in [2.75, 3.05) is 24.0 Å². The molecule has 6 nitrogen and oxygen atoms in total. The van der Waals surface area contributed by atoms with Gasteiger partial charge in [-0.05, 0) is 13.3 Å². The Bertz CT molecular complexity index is 389. The third kappa shape index (κ3) is 2.54. The zero-order valence-electron chi connectivity index (χ0n) is 11.2. The Morgan fingerprint density at radius 1 is 1.56 bits per heavy atom. The summed E-state index contributed by atoms with van der Waals surface area (Å²) >= 11 is 0. The van der Waals surface area contributed by atoms with Crippen LogP contribution in [0.4, 0.5) is 11.6 Å². The van der Waals surface area contributed by atoms with Crippen molar-refractivity contribution < 1.29 is 4.74 Å². The van der Waals surface area contributed by atoms with E-state index in [1.54, 1.807) is 0 Å². The Morgan fingerprint density at radius 3 is 2.89 bits per heavy atom. The predicted octanol–water partition coefficient (Wildman–Crippen LogP) is 0.938. The van der Waals surface area contributed by atoms with Gasteiger partial charge in [-0.1, -0.05) is 6.92 Å². The molecule has 3 N–H and O–H groups in total. The number of aromatic nitrogens is 2. The summed E-state index contributed by atoms with van der Waals surface area (Å²) in [4.78, 5) is 11.0. The molecule has 2 unspecified atom stereocenters. The molecular formula is C12H21N5O. The van der Waals surface area contributed by atoms with E-state index < -0.39 is 0 Å². The van der Waals surface area contributed by atoms with Crippen LogP contribution in [0.15, 0.2) is 6.07 Å². The average Bonchev–Trinajstić information content (AvgIpc) is 2.83. The first-order valence-corrected chi connectivity index (χ1v) is 6.34. The predicted molar refractivity (Wildman–Crippen MR) is 71.4 cm³/mol. The van der Waals surface area contributed by atoms with Crippen molar-refractivity contribution in [1.82, 2.24) is 9.97 Å². The number of aryl methyl sites for hydroxylation is 1. The van der Waals surface area contributed by atoms with Crippen LogP contribution in [0.2, 0.25) is 0 Å². The molecule has 0 bridgehead atoms. The minimum absolute atomic E-state index is 0.226. The average molecular weight is 251 g/mol. The summed E-state index contributed by atoms with van der Waals surface area (Å²) < 4.78 is 5.60. The van der Waals surface area contributed by atoms with Gasteiger partial charge in [-0.3, -0.25) is 0 Å². The molecule has 0 amide bonds. The summed E-state index contributed by atoms with van der Waals surface area (Å²) in [6.45, 7) is 4.93. The number of hydrazine groups is 1. The van der Waals surface area contributed by atoms with Crippen LogP contribution in [0.1, 0.15) is 26.1 Å². The molecule has 1 aliphatic rings. The minimum atomic E-state index is 0.226. The molecule has 2 atom stereocenters. The fraction of sp³-hybridized carbons (Fsp3) is 0.667. The number of hydrogen-bond acceptors (Lipinski definition) is 6. The largest absolute Gasteiger partial charge is 0.376 e. The van der Waals surface area contributed by atoms with Crippen LogP contribution in [-0.2, 0) is 11.2 Å². The first-order valence-electron chi connectivity index (χ1n) is 6.34. The van der Waals surface area contributed by atoms with Crippen LogP contribution in [-0.4, -0.2) is 35.8 Å². The van der Waals surface area contributed by atoms with E-state index in [4.69, 9.17) is 10.6 Å². The first kappa shape index (κ1) is 13.0. The second-order valence-electron chi connectivity index (χ2n) is 4.57. The molecule has 18 heavy (non-hydrogen) atoms. The van der Waals surface area contributed by atoms with Crippen LogP contribution < -0.4 is 16.2 Å². The van der Waals surface area contributed by atoms with E-state index in [9.17, 15) is 0 Å². The van der Waals surface area contributed by atoms with Crippen molar-refractivity contribution in [3.63, 3.8) is 0 Å². The molecule has 0 aromatic carbocycles. The zero-order valence-corrected chi connectivity index (χ0v) is 11.2. The molecule has 0 radical (unpaired) electrons. The monoisotopic (exact) mass is 251 g/mol. The number of hydrogen-bond donors (Lipinski definition) is 2. The third-order valence-corrected chi connectivity index (χ3v) is 3.42. The Hall–Kier alpha value is -1.40. The Balaban J connectivity index is 2.25. The summed E-state index contributed by atoms with van der Waals surface area (Å²) in [5.41, 5.74) is 2.59. The van der Waals surface area contributed by atoms with Crippen LogP contribution in [0, 0.1) is 0 Å². The molecule has 1 saturated heterocycles. The Labute approximate surface area is 108 Å². The normalized spacial score (nSPS) is 23.1. The third-order valence-electron chi connectivity index (χ3n) is 3.42. The molecule has 6 heteroatoms. The highest BCUT2D eigenvalue weighted by molar-refractivity contribution is 5.49. The summed E-state index contributed by atoms with van der Waals surface area (Å²) in [6.07, 6.45) is 2.03. The molecule has 1 aliphatic heterocycles. The van der Waals surface area contributed by atoms with Crippen molar-refractivity contribution in [3.8, 4) is 0 Å². The van der Waals surface area contributed by atoms with Gasteiger partial charge in [0, 0.05) is 26.1 Å². The molecule has 0 saturated carbocycles. The molecule has 2 heterocycles. The maximum absolute atomic E-state index is 5.60. The molecule has 0 aliphatic carbocycles. The van der Waals surface area contributed by atoms with Crippen molar-refractivity contribution in [2.24, 2.45) is 5.84 Å². The van der Waals surface area contributed by atoms with Gasteiger partial charge in [0.05, 0.1) is 12.1 Å². The number of nitrogens with two attached hydrogens (primary N) is 1. The fourth-order valence-corrected chi connectivity index (χ4v) is 2.29. The number of likely N-dealkylation sites (N-methyl/N-ethyl adjacent to an activating group) is 1. The summed E-state index contributed by atoms with van der Waals surface area (Å²) in [5, 5.41) is 0. The van der Waals surface area contributed by atoms with E-state index in [1.807, 2.05) is 20.0 Å². The van der Waals surface area contributed by atoms with E-state index in [0.29, 0.717) is 11.9 Å². The van der Waals surface area contributed by atoms with Crippen molar-refractivity contribution in [3.05, 3.63) is 11.9 Å². The van der Waals surface area contributed by atoms with Gasteiger partial charge in [0.15, 0.2) is 0 Å². The van der Waals surface area contributed by atoms with E-state index in [0.717, 1.165) is 31.1 Å². The lowest BCUT2D eigenvalue weighted by atomic mass is 10.1. The molecule has 0 spiro atoms. The van der Waals surface area contributed by atoms with E-state index >= 15 is 0 Å². The maximum atomic E-state index is 5.60. The number of anilines is 2. The Morgan fingerprint density at radius 2 is 2.33 bits per heavy atom. The van der Waals surface area contributed by atoms with Crippen molar-refractivity contribution in [2.45, 2.75) is 38.8 Å². The number of rotatable bonds is 4. The van der Waals surface area contributed by atoms with Gasteiger partial charge in [0.25, 0.3) is 0 Å². The minimum Gasteiger partial charge on any atom is -0.376 e. The first-order chi connectivity index (χ1) is 8.65. The summed E-state index contributed by atoms with van der Waals surface area (Å²) in [7, 11) is 2.04. The lowest BCUT2D eigenvalue weighted by Gasteiger charge is -2.28. The standard InChI is InChI=1S/C12H21N5O/c1-4-10-14-11(16-13)7-12(15-10)17(3)9-5-6-18-8(9)2/h7-9H,4-6,13H2,1-3H3,(H,14,15,16). The quantitative estimate of drug-likeness (QED) is 0.612. The number of ether oxygens (including phenoxy) is 1. The number of nitrogens with zero attached hydrogens (tertiary/aromatic N) is 3. The van der Waals surface area contributed by atoms with Crippen LogP contribution in [0.3, 0.4) is 0 Å². The molecule has 2 rings (SSSR count). The van der Waals surface area contributed by atoms with E-state index in [-0.39, 0.29) is 6.10 Å².